The number of amides is 1. The van der Waals surface area contributed by atoms with Gasteiger partial charge in [0.1, 0.15) is 5.82 Å². The molecule has 1 aliphatic heterocycles. The minimum atomic E-state index is 0.0303. The quantitative estimate of drug-likeness (QED) is 0.923. The van der Waals surface area contributed by atoms with Gasteiger partial charge in [0.05, 0.1) is 6.54 Å². The number of anilines is 1. The Hall–Kier alpha value is -2.30. The standard InChI is InChI=1S/C15H18N4O/c1-18-8-7-17-14(18)10-19(2)15(20)12-3-4-13-11(9-12)5-6-16-13/h3-4,7-9,16H,5-6,10H2,1-2H3. The number of hydrogen-bond donors (Lipinski definition) is 1. The molecule has 5 nitrogen and oxygen atoms in total. The van der Waals surface area contributed by atoms with E-state index in [4.69, 9.17) is 0 Å². The van der Waals surface area contributed by atoms with Crippen LogP contribution >= 0.6 is 0 Å². The third kappa shape index (κ3) is 2.27. The molecule has 0 atom stereocenters. The Morgan fingerprint density at radius 3 is 3.10 bits per heavy atom. The number of hydrogen-bond acceptors (Lipinski definition) is 3. The summed E-state index contributed by atoms with van der Waals surface area (Å²) in [5, 5.41) is 3.30. The van der Waals surface area contributed by atoms with Gasteiger partial charge in [-0.05, 0) is 30.2 Å². The van der Waals surface area contributed by atoms with Gasteiger partial charge in [0.15, 0.2) is 0 Å². The molecule has 0 aliphatic carbocycles. The second-order valence-corrected chi connectivity index (χ2v) is 5.16. The van der Waals surface area contributed by atoms with Crippen molar-refractivity contribution >= 4 is 11.6 Å². The van der Waals surface area contributed by atoms with Crippen LogP contribution in [0.1, 0.15) is 21.7 Å². The first-order valence-corrected chi connectivity index (χ1v) is 6.73. The van der Waals surface area contributed by atoms with Gasteiger partial charge in [-0.3, -0.25) is 4.79 Å². The van der Waals surface area contributed by atoms with Gasteiger partial charge >= 0.3 is 0 Å². The van der Waals surface area contributed by atoms with Gasteiger partial charge in [-0.2, -0.15) is 0 Å². The highest BCUT2D eigenvalue weighted by Gasteiger charge is 2.17. The van der Waals surface area contributed by atoms with Gasteiger partial charge in [-0.15, -0.1) is 0 Å². The number of imidazole rings is 1. The van der Waals surface area contributed by atoms with E-state index < -0.39 is 0 Å². The second-order valence-electron chi connectivity index (χ2n) is 5.16. The first-order valence-electron chi connectivity index (χ1n) is 6.73. The van der Waals surface area contributed by atoms with E-state index in [-0.39, 0.29) is 5.91 Å². The predicted octanol–water partition coefficient (Wildman–Crippen LogP) is 1.66. The predicted molar refractivity (Wildman–Crippen MR) is 77.6 cm³/mol. The topological polar surface area (TPSA) is 50.2 Å². The van der Waals surface area contributed by atoms with Crippen molar-refractivity contribution in [3.63, 3.8) is 0 Å². The van der Waals surface area contributed by atoms with Crippen molar-refractivity contribution in [3.8, 4) is 0 Å². The molecule has 0 radical (unpaired) electrons. The molecule has 0 saturated heterocycles. The molecule has 1 aliphatic rings. The molecule has 1 amide bonds. The van der Waals surface area contributed by atoms with Crippen LogP contribution in [0.15, 0.2) is 30.6 Å². The second kappa shape index (κ2) is 5.00. The smallest absolute Gasteiger partial charge is 0.254 e. The number of rotatable bonds is 3. The first-order chi connectivity index (χ1) is 9.65. The lowest BCUT2D eigenvalue weighted by Crippen LogP contribution is -2.27. The highest BCUT2D eigenvalue weighted by Crippen LogP contribution is 2.23. The molecule has 5 heteroatoms. The molecule has 3 rings (SSSR count). The Morgan fingerprint density at radius 2 is 2.35 bits per heavy atom. The van der Waals surface area contributed by atoms with Crippen LogP contribution in [0.25, 0.3) is 0 Å². The normalized spacial score (nSPS) is 12.9. The van der Waals surface area contributed by atoms with Gasteiger partial charge in [0, 0.05) is 44.3 Å². The summed E-state index contributed by atoms with van der Waals surface area (Å²) in [5.74, 6) is 0.909. The van der Waals surface area contributed by atoms with Gasteiger partial charge in [0.25, 0.3) is 5.91 Å². The number of carbonyl (C=O) groups excluding carboxylic acids is 1. The van der Waals surface area contributed by atoms with Gasteiger partial charge < -0.3 is 14.8 Å². The van der Waals surface area contributed by atoms with Crippen LogP contribution in [-0.4, -0.2) is 34.0 Å². The fraction of sp³-hybridized carbons (Fsp3) is 0.333. The van der Waals surface area contributed by atoms with Crippen molar-refractivity contribution in [2.75, 3.05) is 18.9 Å². The Kier molecular flexibility index (Phi) is 3.18. The summed E-state index contributed by atoms with van der Waals surface area (Å²) in [6.45, 7) is 1.47. The Morgan fingerprint density at radius 1 is 1.50 bits per heavy atom. The Balaban J connectivity index is 1.76. The van der Waals surface area contributed by atoms with Crippen LogP contribution in [0.4, 0.5) is 5.69 Å². The van der Waals surface area contributed by atoms with E-state index in [1.807, 2.05) is 43.1 Å². The van der Waals surface area contributed by atoms with Crippen LogP contribution in [0.5, 0.6) is 0 Å². The maximum atomic E-state index is 12.5. The van der Waals surface area contributed by atoms with Crippen molar-refractivity contribution in [2.24, 2.45) is 7.05 Å². The molecule has 0 bridgehead atoms. The summed E-state index contributed by atoms with van der Waals surface area (Å²) in [6, 6.07) is 5.87. The van der Waals surface area contributed by atoms with Crippen molar-refractivity contribution in [1.82, 2.24) is 14.5 Å². The fourth-order valence-electron chi connectivity index (χ4n) is 2.49. The van der Waals surface area contributed by atoms with Gasteiger partial charge in [0.2, 0.25) is 0 Å². The highest BCUT2D eigenvalue weighted by atomic mass is 16.2. The van der Waals surface area contributed by atoms with Crippen LogP contribution < -0.4 is 5.32 Å². The molecular formula is C15H18N4O. The molecule has 0 fully saturated rings. The third-order valence-corrected chi connectivity index (χ3v) is 3.71. The van der Waals surface area contributed by atoms with E-state index >= 15 is 0 Å². The number of carbonyl (C=O) groups is 1. The summed E-state index contributed by atoms with van der Waals surface area (Å²) in [4.78, 5) is 18.4. The molecular weight excluding hydrogens is 252 g/mol. The zero-order valence-electron chi connectivity index (χ0n) is 11.8. The van der Waals surface area contributed by atoms with E-state index in [9.17, 15) is 4.79 Å². The van der Waals surface area contributed by atoms with Crippen LogP contribution in [-0.2, 0) is 20.0 Å². The molecule has 2 aromatic rings. The molecule has 0 unspecified atom stereocenters. The monoisotopic (exact) mass is 270 g/mol. The SMILES string of the molecule is CN(Cc1nccn1C)C(=O)c1ccc2c(c1)CCN2. The zero-order valence-corrected chi connectivity index (χ0v) is 11.8. The van der Waals surface area contributed by atoms with Crippen molar-refractivity contribution in [1.29, 1.82) is 0 Å². The molecule has 1 aromatic carbocycles. The van der Waals surface area contributed by atoms with E-state index in [1.54, 1.807) is 11.1 Å². The molecule has 20 heavy (non-hydrogen) atoms. The van der Waals surface area contributed by atoms with Crippen LogP contribution in [0.2, 0.25) is 0 Å². The largest absolute Gasteiger partial charge is 0.384 e. The molecule has 0 saturated carbocycles. The summed E-state index contributed by atoms with van der Waals surface area (Å²) in [6.07, 6.45) is 4.61. The Bertz CT molecular complexity index is 647. The minimum absolute atomic E-state index is 0.0303. The van der Waals surface area contributed by atoms with E-state index in [2.05, 4.69) is 10.3 Å². The van der Waals surface area contributed by atoms with Crippen molar-refractivity contribution < 1.29 is 4.79 Å². The van der Waals surface area contributed by atoms with Crippen molar-refractivity contribution in [3.05, 3.63) is 47.5 Å². The average molecular weight is 270 g/mol. The average Bonchev–Trinajstić information content (AvgIpc) is 3.06. The summed E-state index contributed by atoms with van der Waals surface area (Å²) in [7, 11) is 3.74. The highest BCUT2D eigenvalue weighted by molar-refractivity contribution is 5.94. The summed E-state index contributed by atoms with van der Waals surface area (Å²) >= 11 is 0. The summed E-state index contributed by atoms with van der Waals surface area (Å²) in [5.41, 5.74) is 3.11. The lowest BCUT2D eigenvalue weighted by atomic mass is 10.1. The lowest BCUT2D eigenvalue weighted by molar-refractivity contribution is 0.0780. The van der Waals surface area contributed by atoms with Crippen molar-refractivity contribution in [2.45, 2.75) is 13.0 Å². The minimum Gasteiger partial charge on any atom is -0.384 e. The molecule has 1 aromatic heterocycles. The number of nitrogens with zero attached hydrogens (tertiary/aromatic N) is 3. The molecule has 0 spiro atoms. The van der Waals surface area contributed by atoms with Crippen LogP contribution in [0.3, 0.4) is 0 Å². The Labute approximate surface area is 118 Å². The van der Waals surface area contributed by atoms with Crippen LogP contribution in [0, 0.1) is 0 Å². The number of aryl methyl sites for hydroxylation is 1. The number of fused-ring (bicyclic) bond motifs is 1. The first kappa shape index (κ1) is 12.7. The number of benzene rings is 1. The van der Waals surface area contributed by atoms with E-state index in [0.29, 0.717) is 6.54 Å². The van der Waals surface area contributed by atoms with Gasteiger partial charge in [-0.1, -0.05) is 0 Å². The van der Waals surface area contributed by atoms with Gasteiger partial charge in [-0.25, -0.2) is 4.98 Å². The lowest BCUT2D eigenvalue weighted by Gasteiger charge is -2.17. The van der Waals surface area contributed by atoms with E-state index in [0.717, 1.165) is 30.0 Å². The zero-order chi connectivity index (χ0) is 14.1. The maximum Gasteiger partial charge on any atom is 0.254 e. The molecule has 2 heterocycles. The summed E-state index contributed by atoms with van der Waals surface area (Å²) < 4.78 is 1.93. The fourth-order valence-corrected chi connectivity index (χ4v) is 2.49. The molecule has 1 N–H and O–H groups in total. The third-order valence-electron chi connectivity index (χ3n) is 3.71. The molecule has 104 valence electrons. The number of aromatic nitrogens is 2. The maximum absolute atomic E-state index is 12.5. The van der Waals surface area contributed by atoms with E-state index in [1.165, 1.54) is 5.56 Å². The number of nitrogens with one attached hydrogen (secondary N) is 1.